The number of carbonyl (C=O) groups is 3. The zero-order chi connectivity index (χ0) is 17.7. The number of hydrogen-bond donors (Lipinski definition) is 1. The summed E-state index contributed by atoms with van der Waals surface area (Å²) in [5, 5.41) is 2.70. The van der Waals surface area contributed by atoms with Crippen LogP contribution in [0.25, 0.3) is 0 Å². The van der Waals surface area contributed by atoms with Crippen LogP contribution in [0.4, 0.5) is 5.69 Å². The van der Waals surface area contributed by atoms with E-state index in [1.165, 1.54) is 4.90 Å². The monoisotopic (exact) mass is 334 g/mol. The third kappa shape index (κ3) is 4.97. The maximum Gasteiger partial charge on any atom is 0.326 e. The summed E-state index contributed by atoms with van der Waals surface area (Å²) >= 11 is 0. The van der Waals surface area contributed by atoms with Crippen LogP contribution in [0, 0.1) is 0 Å². The SMILES string of the molecule is CC(C)(C)NC(=O)COC(=O)CN1C(=O)CCOc2ccccc21. The fourth-order valence-corrected chi connectivity index (χ4v) is 2.27. The van der Waals surface area contributed by atoms with Crippen LogP contribution >= 0.6 is 0 Å². The predicted molar refractivity (Wildman–Crippen MR) is 87.8 cm³/mol. The van der Waals surface area contributed by atoms with E-state index in [2.05, 4.69) is 5.32 Å². The molecule has 0 spiro atoms. The Bertz CT molecular complexity index is 636. The van der Waals surface area contributed by atoms with Crippen LogP contribution < -0.4 is 15.0 Å². The van der Waals surface area contributed by atoms with Crippen LogP contribution in [0.3, 0.4) is 0 Å². The number of carbonyl (C=O) groups excluding carboxylic acids is 3. The molecule has 1 aromatic carbocycles. The molecule has 2 rings (SSSR count). The molecular formula is C17H22N2O5. The van der Waals surface area contributed by atoms with Crippen LogP contribution in [0.15, 0.2) is 24.3 Å². The lowest BCUT2D eigenvalue weighted by Crippen LogP contribution is -2.43. The summed E-state index contributed by atoms with van der Waals surface area (Å²) in [6.45, 7) is 5.12. The van der Waals surface area contributed by atoms with Gasteiger partial charge in [0, 0.05) is 5.54 Å². The van der Waals surface area contributed by atoms with Gasteiger partial charge in [0.15, 0.2) is 6.61 Å². The minimum absolute atomic E-state index is 0.173. The topological polar surface area (TPSA) is 84.9 Å². The number of esters is 1. The Morgan fingerprint density at radius 2 is 2.00 bits per heavy atom. The lowest BCUT2D eigenvalue weighted by molar-refractivity contribution is -0.148. The molecule has 1 N–H and O–H groups in total. The van der Waals surface area contributed by atoms with Crippen LogP contribution in [0.2, 0.25) is 0 Å². The summed E-state index contributed by atoms with van der Waals surface area (Å²) in [4.78, 5) is 37.2. The van der Waals surface area contributed by atoms with Gasteiger partial charge in [-0.05, 0) is 32.9 Å². The van der Waals surface area contributed by atoms with E-state index < -0.39 is 11.5 Å². The minimum atomic E-state index is -0.649. The molecule has 0 aliphatic carbocycles. The molecule has 0 saturated carbocycles. The molecule has 7 nitrogen and oxygen atoms in total. The minimum Gasteiger partial charge on any atom is -0.491 e. The molecule has 1 aliphatic rings. The predicted octanol–water partition coefficient (Wildman–Crippen LogP) is 1.26. The molecular weight excluding hydrogens is 312 g/mol. The first kappa shape index (κ1) is 17.8. The maximum atomic E-state index is 12.2. The number of rotatable bonds is 4. The number of ether oxygens (including phenoxy) is 2. The van der Waals surface area contributed by atoms with Gasteiger partial charge in [-0.3, -0.25) is 19.3 Å². The van der Waals surface area contributed by atoms with Gasteiger partial charge in [0.25, 0.3) is 5.91 Å². The molecule has 0 fully saturated rings. The van der Waals surface area contributed by atoms with Crippen molar-refractivity contribution >= 4 is 23.5 Å². The lowest BCUT2D eigenvalue weighted by Gasteiger charge is -2.22. The van der Waals surface area contributed by atoms with Crippen molar-refractivity contribution in [3.8, 4) is 5.75 Å². The fourth-order valence-electron chi connectivity index (χ4n) is 2.27. The summed E-state index contributed by atoms with van der Waals surface area (Å²) < 4.78 is 10.5. The van der Waals surface area contributed by atoms with Crippen molar-refractivity contribution in [2.45, 2.75) is 32.7 Å². The highest BCUT2D eigenvalue weighted by atomic mass is 16.5. The Balaban J connectivity index is 1.98. The average Bonchev–Trinajstić information content (AvgIpc) is 2.64. The van der Waals surface area contributed by atoms with E-state index in [1.807, 2.05) is 20.8 Å². The van der Waals surface area contributed by atoms with Crippen molar-refractivity contribution < 1.29 is 23.9 Å². The van der Waals surface area contributed by atoms with Crippen molar-refractivity contribution in [2.24, 2.45) is 0 Å². The van der Waals surface area contributed by atoms with Gasteiger partial charge in [0.05, 0.1) is 18.7 Å². The largest absolute Gasteiger partial charge is 0.491 e. The second-order valence-corrected chi connectivity index (χ2v) is 6.50. The van der Waals surface area contributed by atoms with E-state index in [0.717, 1.165) is 0 Å². The second-order valence-electron chi connectivity index (χ2n) is 6.50. The molecule has 0 aromatic heterocycles. The molecule has 1 aromatic rings. The van der Waals surface area contributed by atoms with E-state index in [4.69, 9.17) is 9.47 Å². The smallest absolute Gasteiger partial charge is 0.326 e. The van der Waals surface area contributed by atoms with Gasteiger partial charge in [-0.1, -0.05) is 12.1 Å². The number of hydrogen-bond acceptors (Lipinski definition) is 5. The normalized spacial score (nSPS) is 14.3. The summed E-state index contributed by atoms with van der Waals surface area (Å²) in [5.41, 5.74) is 0.122. The van der Waals surface area contributed by atoms with E-state index in [9.17, 15) is 14.4 Å². The van der Waals surface area contributed by atoms with E-state index >= 15 is 0 Å². The Kier molecular flexibility index (Phi) is 5.43. The van der Waals surface area contributed by atoms with Gasteiger partial charge < -0.3 is 14.8 Å². The van der Waals surface area contributed by atoms with E-state index in [1.54, 1.807) is 24.3 Å². The van der Waals surface area contributed by atoms with Gasteiger partial charge in [-0.2, -0.15) is 0 Å². The van der Waals surface area contributed by atoms with Gasteiger partial charge in [0.1, 0.15) is 12.3 Å². The third-order valence-electron chi connectivity index (χ3n) is 3.20. The van der Waals surface area contributed by atoms with Gasteiger partial charge >= 0.3 is 5.97 Å². The Morgan fingerprint density at radius 1 is 1.29 bits per heavy atom. The Morgan fingerprint density at radius 3 is 2.71 bits per heavy atom. The molecule has 2 amide bonds. The number of nitrogens with zero attached hydrogens (tertiary/aromatic N) is 1. The molecule has 0 atom stereocenters. The third-order valence-corrected chi connectivity index (χ3v) is 3.20. The zero-order valence-corrected chi connectivity index (χ0v) is 14.1. The first-order valence-electron chi connectivity index (χ1n) is 7.75. The summed E-state index contributed by atoms with van der Waals surface area (Å²) in [7, 11) is 0. The van der Waals surface area contributed by atoms with Crippen LogP contribution in [0.1, 0.15) is 27.2 Å². The van der Waals surface area contributed by atoms with Crippen LogP contribution in [-0.2, 0) is 19.1 Å². The second kappa shape index (κ2) is 7.33. The van der Waals surface area contributed by atoms with E-state index in [-0.39, 0.29) is 38.0 Å². The first-order valence-corrected chi connectivity index (χ1v) is 7.75. The Labute approximate surface area is 140 Å². The van der Waals surface area contributed by atoms with Crippen molar-refractivity contribution in [3.05, 3.63) is 24.3 Å². The molecule has 1 heterocycles. The molecule has 130 valence electrons. The Hall–Kier alpha value is -2.57. The molecule has 7 heteroatoms. The van der Waals surface area contributed by atoms with Gasteiger partial charge in [0.2, 0.25) is 5.91 Å². The molecule has 0 saturated heterocycles. The highest BCUT2D eigenvalue weighted by Gasteiger charge is 2.26. The van der Waals surface area contributed by atoms with Crippen LogP contribution in [-0.4, -0.2) is 43.1 Å². The highest BCUT2D eigenvalue weighted by molar-refractivity contribution is 5.99. The number of fused-ring (bicyclic) bond motifs is 1. The fraction of sp³-hybridized carbons (Fsp3) is 0.471. The van der Waals surface area contributed by atoms with Crippen molar-refractivity contribution in [2.75, 3.05) is 24.7 Å². The summed E-state index contributed by atoms with van der Waals surface area (Å²) in [5.74, 6) is -0.719. The standard InChI is InChI=1S/C17H22N2O5/c1-17(2,3)18-14(20)11-24-16(22)10-19-12-6-4-5-7-13(12)23-9-8-15(19)21/h4-7H,8-11H2,1-3H3,(H,18,20). The van der Waals surface area contributed by atoms with Gasteiger partial charge in [-0.25, -0.2) is 0 Å². The van der Waals surface area contributed by atoms with Crippen LogP contribution in [0.5, 0.6) is 5.75 Å². The average molecular weight is 334 g/mol. The molecule has 0 unspecified atom stereocenters. The molecule has 0 bridgehead atoms. The lowest BCUT2D eigenvalue weighted by atomic mass is 10.1. The number of benzene rings is 1. The maximum absolute atomic E-state index is 12.2. The number of nitrogens with one attached hydrogen (secondary N) is 1. The van der Waals surface area contributed by atoms with Crippen molar-refractivity contribution in [3.63, 3.8) is 0 Å². The van der Waals surface area contributed by atoms with Crippen molar-refractivity contribution in [1.82, 2.24) is 5.32 Å². The molecule has 0 radical (unpaired) electrons. The molecule has 24 heavy (non-hydrogen) atoms. The van der Waals surface area contributed by atoms with Gasteiger partial charge in [-0.15, -0.1) is 0 Å². The number of amides is 2. The zero-order valence-electron chi connectivity index (χ0n) is 14.1. The first-order chi connectivity index (χ1) is 11.3. The highest BCUT2D eigenvalue weighted by Crippen LogP contribution is 2.30. The molecule has 1 aliphatic heterocycles. The summed E-state index contributed by atoms with van der Waals surface area (Å²) in [6.07, 6.45) is 0.173. The van der Waals surface area contributed by atoms with E-state index in [0.29, 0.717) is 11.4 Å². The van der Waals surface area contributed by atoms with Crippen molar-refractivity contribution in [1.29, 1.82) is 0 Å². The quantitative estimate of drug-likeness (QED) is 0.838. The number of anilines is 1. The number of para-hydroxylation sites is 2. The summed E-state index contributed by atoms with van der Waals surface area (Å²) in [6, 6.07) is 7.00.